The third-order valence-electron chi connectivity index (χ3n) is 8.00. The van der Waals surface area contributed by atoms with Gasteiger partial charge in [-0.3, -0.25) is 14.6 Å². The Hall–Kier alpha value is -3.43. The summed E-state index contributed by atoms with van der Waals surface area (Å²) >= 11 is 0. The maximum Gasteiger partial charge on any atom is 0.302 e. The summed E-state index contributed by atoms with van der Waals surface area (Å²) in [4.78, 5) is 34.4. The van der Waals surface area contributed by atoms with Gasteiger partial charge in [0.15, 0.2) is 11.5 Å². The zero-order valence-corrected chi connectivity index (χ0v) is 25.6. The first-order valence-electron chi connectivity index (χ1n) is 14.3. The van der Waals surface area contributed by atoms with Gasteiger partial charge in [0.1, 0.15) is 12.3 Å². The molecular weight excluding hydrogens is 520 g/mol. The van der Waals surface area contributed by atoms with Crippen molar-refractivity contribution < 1.29 is 23.8 Å². The number of carbonyl (C=O) groups excluding carboxylic acids is 2. The van der Waals surface area contributed by atoms with Crippen LogP contribution in [0.15, 0.2) is 41.4 Å². The number of esters is 1. The number of fused-ring (bicyclic) bond motifs is 3. The van der Waals surface area contributed by atoms with Crippen LogP contribution in [0.5, 0.6) is 11.5 Å². The lowest BCUT2D eigenvalue weighted by Gasteiger charge is -2.46. The van der Waals surface area contributed by atoms with E-state index in [-0.39, 0.29) is 30.4 Å². The van der Waals surface area contributed by atoms with Crippen LogP contribution < -0.4 is 15.2 Å². The van der Waals surface area contributed by atoms with Crippen LogP contribution in [0.3, 0.4) is 0 Å². The molecule has 2 aromatic carbocycles. The van der Waals surface area contributed by atoms with Crippen LogP contribution in [0.25, 0.3) is 0 Å². The number of carbonyl (C=O) groups is 2. The predicted octanol–water partition coefficient (Wildman–Crippen LogP) is 4.21. The van der Waals surface area contributed by atoms with Crippen LogP contribution in [0.4, 0.5) is 0 Å². The highest BCUT2D eigenvalue weighted by molar-refractivity contribution is 6.15. The zero-order valence-electron chi connectivity index (χ0n) is 25.6. The van der Waals surface area contributed by atoms with E-state index in [1.807, 2.05) is 65.0 Å². The minimum absolute atomic E-state index is 0.00464. The first kappa shape index (κ1) is 30.5. The summed E-state index contributed by atoms with van der Waals surface area (Å²) in [5.74, 6) is 0.827. The molecule has 2 aromatic rings. The largest absolute Gasteiger partial charge is 0.493 e. The number of amides is 1. The molecule has 9 heteroatoms. The van der Waals surface area contributed by atoms with Gasteiger partial charge in [-0.05, 0) is 77.9 Å². The Morgan fingerprint density at radius 2 is 1.88 bits per heavy atom. The number of nitrogens with two attached hydrogens (primary N) is 1. The van der Waals surface area contributed by atoms with Gasteiger partial charge >= 0.3 is 5.97 Å². The van der Waals surface area contributed by atoms with E-state index in [0.29, 0.717) is 23.7 Å². The number of hydrogen-bond donors (Lipinski definition) is 1. The second-order valence-electron chi connectivity index (χ2n) is 12.0. The normalized spacial score (nSPS) is 20.5. The van der Waals surface area contributed by atoms with Gasteiger partial charge in [-0.15, -0.1) is 0 Å². The summed E-state index contributed by atoms with van der Waals surface area (Å²) in [7, 11) is 3.74. The first-order valence-corrected chi connectivity index (χ1v) is 14.3. The average molecular weight is 565 g/mol. The monoisotopic (exact) mass is 564 g/mol. The number of rotatable bonds is 9. The van der Waals surface area contributed by atoms with Crippen molar-refractivity contribution in [2.24, 2.45) is 10.7 Å². The lowest BCUT2D eigenvalue weighted by Crippen LogP contribution is -2.56. The Balaban J connectivity index is 1.74. The second-order valence-corrected chi connectivity index (χ2v) is 12.0. The average Bonchev–Trinajstić information content (AvgIpc) is 2.92. The fraction of sp³-hybridized carbons (Fsp3) is 0.531. The number of benzene rings is 2. The molecule has 0 bridgehead atoms. The highest BCUT2D eigenvalue weighted by Gasteiger charge is 2.45. The van der Waals surface area contributed by atoms with Crippen LogP contribution in [0.2, 0.25) is 0 Å². The van der Waals surface area contributed by atoms with E-state index in [9.17, 15) is 9.59 Å². The molecule has 0 spiro atoms. The Labute approximate surface area is 243 Å². The highest BCUT2D eigenvalue weighted by atomic mass is 16.5. The maximum atomic E-state index is 13.7. The quantitative estimate of drug-likeness (QED) is 0.455. The summed E-state index contributed by atoms with van der Waals surface area (Å²) in [6.45, 7) is 13.3. The zero-order chi connectivity index (χ0) is 30.1. The van der Waals surface area contributed by atoms with Crippen molar-refractivity contribution in [1.29, 1.82) is 0 Å². The highest BCUT2D eigenvalue weighted by Crippen LogP contribution is 2.45. The van der Waals surface area contributed by atoms with Crippen molar-refractivity contribution in [3.05, 3.63) is 58.7 Å². The Kier molecular flexibility index (Phi) is 8.80. The molecule has 0 aromatic heterocycles. The smallest absolute Gasteiger partial charge is 0.302 e. The van der Waals surface area contributed by atoms with Crippen LogP contribution in [0, 0.1) is 0 Å². The van der Waals surface area contributed by atoms with Crippen LogP contribution in [-0.2, 0) is 9.53 Å². The molecule has 2 unspecified atom stereocenters. The number of ether oxygens (including phenoxy) is 3. The topological polar surface area (TPSA) is 107 Å². The Morgan fingerprint density at radius 1 is 1.20 bits per heavy atom. The molecule has 0 radical (unpaired) electrons. The van der Waals surface area contributed by atoms with Crippen molar-refractivity contribution in [2.45, 2.75) is 71.1 Å². The van der Waals surface area contributed by atoms with Gasteiger partial charge in [-0.2, -0.15) is 0 Å². The number of nitrogens with zero attached hydrogens (tertiary/aromatic N) is 3. The van der Waals surface area contributed by atoms with Gasteiger partial charge in [-0.25, -0.2) is 0 Å². The van der Waals surface area contributed by atoms with E-state index in [1.165, 1.54) is 6.92 Å². The third-order valence-corrected chi connectivity index (χ3v) is 8.00. The standard InChI is InChI=1S/C32H44N4O5/c1-9-40-28-16-24-25(17-27(28)39-8)29(34-32(33)14-15-35(7)18-26(24)32)22-10-12-23(13-11-22)30(38)36(20(2)3)31(5,6)19-41-21(4)37/h10-13,16-17,20,26H,9,14-15,18-19,33H2,1-8H3. The summed E-state index contributed by atoms with van der Waals surface area (Å²) in [6, 6.07) is 11.4. The molecule has 1 amide bonds. The van der Waals surface area contributed by atoms with Crippen LogP contribution >= 0.6 is 0 Å². The van der Waals surface area contributed by atoms with Gasteiger partial charge in [0.05, 0.1) is 25.0 Å². The summed E-state index contributed by atoms with van der Waals surface area (Å²) in [6.07, 6.45) is 0.727. The molecule has 2 aliphatic heterocycles. The molecule has 222 valence electrons. The minimum atomic E-state index is -0.753. The molecule has 2 atom stereocenters. The summed E-state index contributed by atoms with van der Waals surface area (Å²) in [5, 5.41) is 0. The van der Waals surface area contributed by atoms with E-state index in [1.54, 1.807) is 12.0 Å². The van der Waals surface area contributed by atoms with Crippen molar-refractivity contribution in [3.8, 4) is 11.5 Å². The van der Waals surface area contributed by atoms with E-state index in [4.69, 9.17) is 24.9 Å². The summed E-state index contributed by atoms with van der Waals surface area (Å²) < 4.78 is 16.9. The third kappa shape index (κ3) is 6.11. The Morgan fingerprint density at radius 3 is 2.46 bits per heavy atom. The lowest BCUT2D eigenvalue weighted by atomic mass is 9.75. The van der Waals surface area contributed by atoms with Gasteiger partial charge in [0.25, 0.3) is 5.91 Å². The van der Waals surface area contributed by atoms with Crippen molar-refractivity contribution >= 4 is 17.6 Å². The van der Waals surface area contributed by atoms with Crippen molar-refractivity contribution in [3.63, 3.8) is 0 Å². The summed E-state index contributed by atoms with van der Waals surface area (Å²) in [5.41, 5.74) is 9.82. The predicted molar refractivity (Wildman–Crippen MR) is 160 cm³/mol. The van der Waals surface area contributed by atoms with Crippen molar-refractivity contribution in [1.82, 2.24) is 9.80 Å². The molecule has 2 aliphatic rings. The maximum absolute atomic E-state index is 13.7. The van der Waals surface area contributed by atoms with E-state index in [2.05, 4.69) is 18.0 Å². The van der Waals surface area contributed by atoms with Crippen molar-refractivity contribution in [2.75, 3.05) is 40.5 Å². The van der Waals surface area contributed by atoms with E-state index >= 15 is 0 Å². The molecule has 1 fully saturated rings. The molecule has 2 N–H and O–H groups in total. The SMILES string of the molecule is CCOc1cc2c(cc1OC)C(c1ccc(C(=O)N(C(C)C)C(C)(C)COC(C)=O)cc1)=NC1(N)CCN(C)CC21. The fourth-order valence-electron chi connectivity index (χ4n) is 6.06. The van der Waals surface area contributed by atoms with Gasteiger partial charge in [-0.1, -0.05) is 12.1 Å². The number of likely N-dealkylation sites (tertiary alicyclic amines) is 1. The van der Waals surface area contributed by atoms with Crippen LogP contribution in [0.1, 0.15) is 80.9 Å². The second kappa shape index (κ2) is 11.8. The molecule has 1 saturated heterocycles. The molecule has 2 heterocycles. The Bertz CT molecular complexity index is 1320. The molecule has 9 nitrogen and oxygen atoms in total. The fourth-order valence-corrected chi connectivity index (χ4v) is 6.06. The van der Waals surface area contributed by atoms with Gasteiger partial charge in [0, 0.05) is 48.7 Å². The molecular formula is C32H44N4O5. The lowest BCUT2D eigenvalue weighted by molar-refractivity contribution is -0.144. The first-order chi connectivity index (χ1) is 19.3. The van der Waals surface area contributed by atoms with Gasteiger partial charge < -0.3 is 29.7 Å². The number of piperidine rings is 1. The molecule has 0 aliphatic carbocycles. The molecule has 0 saturated carbocycles. The van der Waals surface area contributed by atoms with E-state index < -0.39 is 11.2 Å². The van der Waals surface area contributed by atoms with Gasteiger partial charge in [0.2, 0.25) is 0 Å². The number of hydrogen-bond acceptors (Lipinski definition) is 8. The van der Waals surface area contributed by atoms with Crippen LogP contribution in [-0.4, -0.2) is 85.1 Å². The van der Waals surface area contributed by atoms with E-state index in [0.717, 1.165) is 41.9 Å². The molecule has 41 heavy (non-hydrogen) atoms. The number of aliphatic imine (C=N–C) groups is 1. The minimum Gasteiger partial charge on any atom is -0.493 e. The number of methoxy groups -OCH3 is 1. The molecule has 4 rings (SSSR count). The number of likely N-dealkylation sites (N-methyl/N-ethyl adjacent to an activating group) is 1.